The van der Waals surface area contributed by atoms with E-state index in [1.165, 1.54) is 0 Å². The molecule has 0 rings (SSSR count). The second-order valence-corrected chi connectivity index (χ2v) is 1.79. The van der Waals surface area contributed by atoms with Crippen LogP contribution in [0.1, 0.15) is 6.92 Å². The first-order valence-corrected chi connectivity index (χ1v) is 3.71. The fraction of sp³-hybridized carbons (Fsp3) is 0.500. The van der Waals surface area contributed by atoms with Crippen LogP contribution in [0.4, 0.5) is 12.9 Å². The summed E-state index contributed by atoms with van der Waals surface area (Å²) < 4.78 is 37.9. The second-order valence-electron chi connectivity index (χ2n) is 0.761. The van der Waals surface area contributed by atoms with Crippen LogP contribution < -0.4 is 18.9 Å². The van der Waals surface area contributed by atoms with E-state index in [1.807, 2.05) is 0 Å². The van der Waals surface area contributed by atoms with Gasteiger partial charge in [-0.2, -0.15) is 6.92 Å². The van der Waals surface area contributed by atoms with Gasteiger partial charge >= 0.3 is 34.2 Å². The van der Waals surface area contributed by atoms with Crippen molar-refractivity contribution >= 4 is 15.4 Å². The van der Waals surface area contributed by atoms with Crippen LogP contribution in [-0.2, 0) is 4.57 Å². The quantitative estimate of drug-likeness (QED) is 0.236. The molecule has 0 saturated heterocycles. The first kappa shape index (κ1) is 22.9. The molecule has 0 aliphatic rings. The Morgan fingerprint density at radius 3 is 1.17 bits per heavy atom. The van der Waals surface area contributed by atoms with Crippen LogP contribution in [0.25, 0.3) is 0 Å². The van der Waals surface area contributed by atoms with Crippen LogP contribution in [0, 0.1) is 6.92 Å². The molecule has 0 saturated carbocycles. The summed E-state index contributed by atoms with van der Waals surface area (Å²) in [5.74, 6) is 0. The smallest absolute Gasteiger partial charge is 0.346 e. The van der Waals surface area contributed by atoms with Crippen molar-refractivity contribution in [2.45, 2.75) is 6.92 Å². The van der Waals surface area contributed by atoms with Crippen molar-refractivity contribution in [2.75, 3.05) is 0 Å². The Kier molecular flexibility index (Phi) is 26.9. The largest absolute Gasteiger partial charge is 1.00 e. The molecule has 0 radical (unpaired) electrons. The standard InChI is InChI=1S/C2H5.BF3.Li.H3O4P/c1-2;2-1(3)4;;1-5(2,3)4/h1H2,2H3;;;(H3,1,2,3,4)/q-1;;+1;. The topological polar surface area (TPSA) is 77.8 Å². The summed E-state index contributed by atoms with van der Waals surface area (Å²) in [6.45, 7) is 5.00. The average Bonchev–Trinajstić information content (AvgIpc) is 1.63. The van der Waals surface area contributed by atoms with Crippen LogP contribution >= 0.6 is 7.82 Å². The van der Waals surface area contributed by atoms with E-state index in [2.05, 4.69) is 6.92 Å². The summed E-state index contributed by atoms with van der Waals surface area (Å²) in [6, 6.07) is 0. The van der Waals surface area contributed by atoms with Crippen molar-refractivity contribution in [2.24, 2.45) is 0 Å². The molecule has 0 heterocycles. The Balaban J connectivity index is -0.0000000419. The maximum Gasteiger partial charge on any atom is 1.00 e. The van der Waals surface area contributed by atoms with E-state index >= 15 is 0 Å². The minimum Gasteiger partial charge on any atom is -0.346 e. The fourth-order valence-corrected chi connectivity index (χ4v) is 0. The summed E-state index contributed by atoms with van der Waals surface area (Å²) in [7, 11) is -8.31. The van der Waals surface area contributed by atoms with Crippen LogP contribution in [0.3, 0.4) is 0 Å². The van der Waals surface area contributed by atoms with Gasteiger partial charge in [0.05, 0.1) is 0 Å². The molecular weight excluding hydrogens is 194 g/mol. The van der Waals surface area contributed by atoms with Gasteiger partial charge in [0.2, 0.25) is 0 Å². The van der Waals surface area contributed by atoms with Gasteiger partial charge in [-0.15, -0.1) is 0 Å². The molecule has 0 amide bonds. The molecule has 0 aromatic heterocycles. The van der Waals surface area contributed by atoms with E-state index in [4.69, 9.17) is 19.2 Å². The Hall–Kier alpha value is 0.562. The zero-order valence-corrected chi connectivity index (χ0v) is 7.51. The fourth-order valence-electron chi connectivity index (χ4n) is 0. The molecule has 0 fully saturated rings. The monoisotopic (exact) mass is 202 g/mol. The summed E-state index contributed by atoms with van der Waals surface area (Å²) in [5, 5.41) is 0. The normalized spacial score (nSPS) is 7.67. The molecule has 0 aromatic carbocycles. The van der Waals surface area contributed by atoms with Crippen LogP contribution in [-0.4, -0.2) is 22.2 Å². The molecule has 0 bridgehead atoms. The van der Waals surface area contributed by atoms with Crippen LogP contribution in [0.5, 0.6) is 0 Å². The molecule has 0 unspecified atom stereocenters. The Bertz CT molecular complexity index is 99.5. The molecule has 0 aliphatic heterocycles. The minimum absolute atomic E-state index is 0. The molecule has 4 nitrogen and oxygen atoms in total. The van der Waals surface area contributed by atoms with Gasteiger partial charge in [-0.1, -0.05) is 0 Å². The molecule has 70 valence electrons. The van der Waals surface area contributed by atoms with Gasteiger partial charge in [0.25, 0.3) is 0 Å². The van der Waals surface area contributed by atoms with E-state index in [-0.39, 0.29) is 18.9 Å². The first-order valence-electron chi connectivity index (χ1n) is 2.14. The third-order valence-corrected chi connectivity index (χ3v) is 0. The van der Waals surface area contributed by atoms with Crippen molar-refractivity contribution in [1.29, 1.82) is 0 Å². The van der Waals surface area contributed by atoms with Gasteiger partial charge in [-0.05, 0) is 0 Å². The predicted octanol–water partition coefficient (Wildman–Crippen LogP) is -2.20. The van der Waals surface area contributed by atoms with Crippen molar-refractivity contribution in [3.8, 4) is 0 Å². The Morgan fingerprint density at radius 2 is 1.17 bits per heavy atom. The number of hydrogen-bond donors (Lipinski definition) is 3. The molecule has 0 aliphatic carbocycles. The SMILES string of the molecule is FB(F)F.O=P(O)(O)O.[CH2-]C.[Li+]. The molecule has 0 aromatic rings. The van der Waals surface area contributed by atoms with Crippen molar-refractivity contribution in [3.05, 3.63) is 6.92 Å². The number of rotatable bonds is 0. The maximum atomic E-state index is 9.67. The molecule has 3 N–H and O–H groups in total. The Labute approximate surface area is 80.8 Å². The minimum atomic E-state index is -4.64. The number of hydrogen-bond acceptors (Lipinski definition) is 1. The van der Waals surface area contributed by atoms with E-state index < -0.39 is 15.4 Å². The van der Waals surface area contributed by atoms with Gasteiger partial charge in [0.15, 0.2) is 0 Å². The van der Waals surface area contributed by atoms with Crippen LogP contribution in [0.15, 0.2) is 0 Å². The first-order chi connectivity index (χ1) is 4.73. The molecular formula is C2H8BF3LiO4P. The molecule has 0 spiro atoms. The van der Waals surface area contributed by atoms with Crippen LogP contribution in [0.2, 0.25) is 0 Å². The van der Waals surface area contributed by atoms with Crippen molar-refractivity contribution < 1.29 is 51.1 Å². The molecule has 12 heavy (non-hydrogen) atoms. The van der Waals surface area contributed by atoms with Gasteiger partial charge in [-0.3, -0.25) is 12.9 Å². The summed E-state index contributed by atoms with van der Waals surface area (Å²) in [6.07, 6.45) is 0. The van der Waals surface area contributed by atoms with E-state index in [0.29, 0.717) is 0 Å². The zero-order chi connectivity index (χ0) is 10.1. The van der Waals surface area contributed by atoms with Gasteiger partial charge in [0.1, 0.15) is 0 Å². The summed E-state index contributed by atoms with van der Waals surface area (Å²) >= 11 is 0. The number of phosphoric acid groups is 1. The zero-order valence-electron chi connectivity index (χ0n) is 6.62. The third kappa shape index (κ3) is 3050. The van der Waals surface area contributed by atoms with E-state index in [9.17, 15) is 12.9 Å². The summed E-state index contributed by atoms with van der Waals surface area (Å²) in [4.78, 5) is 21.6. The van der Waals surface area contributed by atoms with Gasteiger partial charge < -0.3 is 21.6 Å². The van der Waals surface area contributed by atoms with Crippen molar-refractivity contribution in [3.63, 3.8) is 0 Å². The molecule has 0 atom stereocenters. The summed E-state index contributed by atoms with van der Waals surface area (Å²) in [5.41, 5.74) is 0. The second kappa shape index (κ2) is 14.1. The molecule has 10 heteroatoms. The van der Waals surface area contributed by atoms with E-state index in [1.54, 1.807) is 6.92 Å². The third-order valence-electron chi connectivity index (χ3n) is 0. The maximum absolute atomic E-state index is 9.67. The Morgan fingerprint density at radius 1 is 1.17 bits per heavy atom. The average molecular weight is 202 g/mol. The van der Waals surface area contributed by atoms with Gasteiger partial charge in [0, 0.05) is 0 Å². The number of halogens is 3. The predicted molar refractivity (Wildman–Crippen MR) is 34.4 cm³/mol. The van der Waals surface area contributed by atoms with E-state index in [0.717, 1.165) is 0 Å². The van der Waals surface area contributed by atoms with Gasteiger partial charge in [-0.25, -0.2) is 4.57 Å². The van der Waals surface area contributed by atoms with Crippen molar-refractivity contribution in [1.82, 2.24) is 0 Å².